The average molecular weight is 252 g/mol. The van der Waals surface area contributed by atoms with Crippen molar-refractivity contribution in [2.45, 2.75) is 13.5 Å². The Kier molecular flexibility index (Phi) is 4.45. The highest BCUT2D eigenvalue weighted by Gasteiger charge is 1.96. The zero-order valence-electron chi connectivity index (χ0n) is 10.8. The van der Waals surface area contributed by atoms with Crippen LogP contribution >= 0.6 is 0 Å². The van der Waals surface area contributed by atoms with Crippen LogP contribution in [-0.2, 0) is 11.3 Å². The Hall–Kier alpha value is -2.42. The molecule has 0 spiro atoms. The first-order valence-electron chi connectivity index (χ1n) is 6.15. The summed E-state index contributed by atoms with van der Waals surface area (Å²) in [6.07, 6.45) is 6.70. The van der Waals surface area contributed by atoms with Crippen molar-refractivity contribution >= 4 is 12.0 Å². The van der Waals surface area contributed by atoms with Crippen LogP contribution in [0, 0.1) is 6.92 Å². The van der Waals surface area contributed by atoms with Crippen molar-refractivity contribution in [1.29, 1.82) is 0 Å². The van der Waals surface area contributed by atoms with Crippen LogP contribution < -0.4 is 5.32 Å². The fourth-order valence-electron chi connectivity index (χ4n) is 1.60. The van der Waals surface area contributed by atoms with Gasteiger partial charge in [-0.05, 0) is 36.3 Å². The van der Waals surface area contributed by atoms with E-state index in [0.29, 0.717) is 6.54 Å². The summed E-state index contributed by atoms with van der Waals surface area (Å²) in [5.41, 5.74) is 3.27. The van der Waals surface area contributed by atoms with Gasteiger partial charge in [-0.3, -0.25) is 9.78 Å². The van der Waals surface area contributed by atoms with E-state index in [1.165, 1.54) is 11.6 Å². The van der Waals surface area contributed by atoms with E-state index >= 15 is 0 Å². The number of nitrogens with zero attached hydrogens (tertiary/aromatic N) is 1. The van der Waals surface area contributed by atoms with Crippen LogP contribution in [0.1, 0.15) is 16.7 Å². The highest BCUT2D eigenvalue weighted by atomic mass is 16.1. The summed E-state index contributed by atoms with van der Waals surface area (Å²) in [6.45, 7) is 2.58. The maximum absolute atomic E-state index is 11.6. The number of aryl methyl sites for hydroxylation is 1. The van der Waals surface area contributed by atoms with Crippen LogP contribution in [0.2, 0.25) is 0 Å². The molecule has 2 aromatic rings. The summed E-state index contributed by atoms with van der Waals surface area (Å²) in [6, 6.07) is 11.8. The van der Waals surface area contributed by atoms with Gasteiger partial charge in [-0.1, -0.05) is 29.8 Å². The molecule has 1 amide bonds. The number of pyridine rings is 1. The first-order chi connectivity index (χ1) is 9.24. The van der Waals surface area contributed by atoms with Crippen LogP contribution in [-0.4, -0.2) is 10.9 Å². The van der Waals surface area contributed by atoms with Gasteiger partial charge in [-0.15, -0.1) is 0 Å². The van der Waals surface area contributed by atoms with Crippen molar-refractivity contribution < 1.29 is 4.79 Å². The van der Waals surface area contributed by atoms with Gasteiger partial charge < -0.3 is 5.32 Å². The number of carbonyl (C=O) groups excluding carboxylic acids is 1. The summed E-state index contributed by atoms with van der Waals surface area (Å²) < 4.78 is 0. The molecule has 0 saturated heterocycles. The van der Waals surface area contributed by atoms with Gasteiger partial charge in [-0.2, -0.15) is 0 Å². The molecule has 0 atom stereocenters. The van der Waals surface area contributed by atoms with E-state index < -0.39 is 0 Å². The van der Waals surface area contributed by atoms with Gasteiger partial charge in [0.2, 0.25) is 5.91 Å². The zero-order valence-corrected chi connectivity index (χ0v) is 10.8. The highest BCUT2D eigenvalue weighted by Crippen LogP contribution is 2.03. The van der Waals surface area contributed by atoms with E-state index in [-0.39, 0.29) is 5.91 Å². The van der Waals surface area contributed by atoms with Crippen LogP contribution in [0.4, 0.5) is 0 Å². The standard InChI is InChI=1S/C16H16N2O/c1-13-2-4-15(5-3-13)12-18-16(19)7-6-14-8-10-17-11-9-14/h2-11H,12H2,1H3,(H,18,19)/b7-6+. The van der Waals surface area contributed by atoms with E-state index in [9.17, 15) is 4.79 Å². The van der Waals surface area contributed by atoms with Gasteiger partial charge in [0.15, 0.2) is 0 Å². The predicted molar refractivity (Wildman–Crippen MR) is 76.3 cm³/mol. The van der Waals surface area contributed by atoms with Gasteiger partial charge in [-0.25, -0.2) is 0 Å². The Balaban J connectivity index is 1.85. The normalized spacial score (nSPS) is 10.6. The number of hydrogen-bond acceptors (Lipinski definition) is 2. The monoisotopic (exact) mass is 252 g/mol. The fraction of sp³-hybridized carbons (Fsp3) is 0.125. The van der Waals surface area contributed by atoms with E-state index in [0.717, 1.165) is 11.1 Å². The molecular formula is C16H16N2O. The van der Waals surface area contributed by atoms with Crippen molar-refractivity contribution in [3.05, 3.63) is 71.6 Å². The van der Waals surface area contributed by atoms with E-state index in [1.54, 1.807) is 18.5 Å². The molecule has 1 aromatic heterocycles. The third-order valence-corrected chi connectivity index (χ3v) is 2.72. The second-order valence-corrected chi connectivity index (χ2v) is 4.32. The van der Waals surface area contributed by atoms with Crippen LogP contribution in [0.3, 0.4) is 0 Å². The molecule has 2 rings (SSSR count). The fourth-order valence-corrected chi connectivity index (χ4v) is 1.60. The quantitative estimate of drug-likeness (QED) is 0.850. The molecule has 0 bridgehead atoms. The Morgan fingerprint density at radius 1 is 1.16 bits per heavy atom. The first kappa shape index (κ1) is 13.0. The summed E-state index contributed by atoms with van der Waals surface area (Å²) >= 11 is 0. The molecule has 3 heteroatoms. The van der Waals surface area contributed by atoms with Crippen LogP contribution in [0.5, 0.6) is 0 Å². The molecule has 0 saturated carbocycles. The summed E-state index contributed by atoms with van der Waals surface area (Å²) in [4.78, 5) is 15.6. The summed E-state index contributed by atoms with van der Waals surface area (Å²) in [5, 5.41) is 2.85. The van der Waals surface area contributed by atoms with Crippen molar-refractivity contribution in [2.75, 3.05) is 0 Å². The van der Waals surface area contributed by atoms with Gasteiger partial charge in [0.1, 0.15) is 0 Å². The number of nitrogens with one attached hydrogen (secondary N) is 1. The zero-order chi connectivity index (χ0) is 13.5. The Bertz CT molecular complexity index is 559. The highest BCUT2D eigenvalue weighted by molar-refractivity contribution is 5.91. The van der Waals surface area contributed by atoms with Crippen molar-refractivity contribution in [1.82, 2.24) is 10.3 Å². The molecule has 0 radical (unpaired) electrons. The minimum absolute atomic E-state index is 0.0996. The third kappa shape index (κ3) is 4.39. The van der Waals surface area contributed by atoms with Gasteiger partial charge in [0.05, 0.1) is 0 Å². The second-order valence-electron chi connectivity index (χ2n) is 4.32. The molecule has 96 valence electrons. The number of aromatic nitrogens is 1. The summed E-state index contributed by atoms with van der Waals surface area (Å²) in [7, 11) is 0. The smallest absolute Gasteiger partial charge is 0.244 e. The Morgan fingerprint density at radius 3 is 2.53 bits per heavy atom. The third-order valence-electron chi connectivity index (χ3n) is 2.72. The Morgan fingerprint density at radius 2 is 1.84 bits per heavy atom. The van der Waals surface area contributed by atoms with Crippen LogP contribution in [0.25, 0.3) is 6.08 Å². The second kappa shape index (κ2) is 6.50. The number of hydrogen-bond donors (Lipinski definition) is 1. The molecule has 0 aliphatic heterocycles. The van der Waals surface area contributed by atoms with Gasteiger partial charge in [0.25, 0.3) is 0 Å². The van der Waals surface area contributed by atoms with E-state index in [2.05, 4.69) is 10.3 Å². The molecule has 0 fully saturated rings. The largest absolute Gasteiger partial charge is 0.348 e. The number of carbonyl (C=O) groups is 1. The molecule has 0 unspecified atom stereocenters. The lowest BCUT2D eigenvalue weighted by molar-refractivity contribution is -0.116. The lowest BCUT2D eigenvalue weighted by Gasteiger charge is -2.02. The summed E-state index contributed by atoms with van der Waals surface area (Å²) in [5.74, 6) is -0.0996. The van der Waals surface area contributed by atoms with Crippen molar-refractivity contribution in [3.8, 4) is 0 Å². The molecule has 3 nitrogen and oxygen atoms in total. The molecular weight excluding hydrogens is 236 g/mol. The topological polar surface area (TPSA) is 42.0 Å². The van der Waals surface area contributed by atoms with E-state index in [1.807, 2.05) is 43.3 Å². The number of rotatable bonds is 4. The molecule has 1 heterocycles. The molecule has 0 aliphatic rings. The minimum atomic E-state index is -0.0996. The van der Waals surface area contributed by atoms with E-state index in [4.69, 9.17) is 0 Å². The number of amides is 1. The average Bonchev–Trinajstić information content (AvgIpc) is 2.45. The minimum Gasteiger partial charge on any atom is -0.348 e. The first-order valence-corrected chi connectivity index (χ1v) is 6.15. The number of benzene rings is 1. The van der Waals surface area contributed by atoms with Crippen molar-refractivity contribution in [3.63, 3.8) is 0 Å². The Labute approximate surface area is 113 Å². The molecule has 19 heavy (non-hydrogen) atoms. The predicted octanol–water partition coefficient (Wildman–Crippen LogP) is 2.72. The molecule has 0 aliphatic carbocycles. The maximum Gasteiger partial charge on any atom is 0.244 e. The maximum atomic E-state index is 11.6. The van der Waals surface area contributed by atoms with Crippen LogP contribution in [0.15, 0.2) is 54.9 Å². The SMILES string of the molecule is Cc1ccc(CNC(=O)/C=C/c2ccncc2)cc1. The molecule has 1 N–H and O–H groups in total. The lowest BCUT2D eigenvalue weighted by atomic mass is 10.1. The molecule has 1 aromatic carbocycles. The van der Waals surface area contributed by atoms with Crippen molar-refractivity contribution in [2.24, 2.45) is 0 Å². The lowest BCUT2D eigenvalue weighted by Crippen LogP contribution is -2.20. The van der Waals surface area contributed by atoms with Gasteiger partial charge >= 0.3 is 0 Å². The van der Waals surface area contributed by atoms with Gasteiger partial charge in [0, 0.05) is 25.0 Å².